The highest BCUT2D eigenvalue weighted by Crippen LogP contribution is 2.46. The van der Waals surface area contributed by atoms with Crippen LogP contribution in [0.25, 0.3) is 0 Å². The number of hydrogen-bond acceptors (Lipinski definition) is 3. The number of amidine groups is 1. The van der Waals surface area contributed by atoms with Crippen molar-refractivity contribution in [3.05, 3.63) is 0 Å². The molecule has 0 aromatic carbocycles. The molecule has 2 nitrogen and oxygen atoms in total. The van der Waals surface area contributed by atoms with Crippen LogP contribution in [0.1, 0.15) is 73.6 Å². The monoisotopic (exact) mass is 310 g/mol. The van der Waals surface area contributed by atoms with Crippen LogP contribution in [0.4, 0.5) is 0 Å². The van der Waals surface area contributed by atoms with Gasteiger partial charge in [0.15, 0.2) is 5.17 Å². The van der Waals surface area contributed by atoms with Gasteiger partial charge < -0.3 is 5.32 Å². The summed E-state index contributed by atoms with van der Waals surface area (Å²) < 4.78 is 0. The molecule has 21 heavy (non-hydrogen) atoms. The van der Waals surface area contributed by atoms with Gasteiger partial charge in [-0.2, -0.15) is 0 Å². The molecular weight excluding hydrogens is 276 g/mol. The molecule has 1 fully saturated rings. The van der Waals surface area contributed by atoms with E-state index in [2.05, 4.69) is 46.9 Å². The zero-order valence-electron chi connectivity index (χ0n) is 14.9. The summed E-state index contributed by atoms with van der Waals surface area (Å²) in [6.45, 7) is 15.3. The fraction of sp³-hybridized carbons (Fsp3) is 0.944. The van der Waals surface area contributed by atoms with Gasteiger partial charge in [-0.1, -0.05) is 53.3 Å². The average molecular weight is 311 g/mol. The largest absolute Gasteiger partial charge is 0.362 e. The van der Waals surface area contributed by atoms with Crippen LogP contribution in [0.3, 0.4) is 0 Å². The molecule has 3 heteroatoms. The summed E-state index contributed by atoms with van der Waals surface area (Å²) in [5, 5.41) is 4.97. The summed E-state index contributed by atoms with van der Waals surface area (Å²) >= 11 is 1.95. The smallest absolute Gasteiger partial charge is 0.156 e. The zero-order valence-corrected chi connectivity index (χ0v) is 15.7. The Hall–Kier alpha value is -0.180. The Morgan fingerprint density at radius 2 is 1.67 bits per heavy atom. The maximum absolute atomic E-state index is 4.88. The summed E-state index contributed by atoms with van der Waals surface area (Å²) in [4.78, 5) is 4.88. The first-order chi connectivity index (χ1) is 9.69. The topological polar surface area (TPSA) is 24.4 Å². The Balaban J connectivity index is 1.98. The van der Waals surface area contributed by atoms with Crippen molar-refractivity contribution < 1.29 is 0 Å². The first-order valence-electron chi connectivity index (χ1n) is 8.63. The van der Waals surface area contributed by atoms with Gasteiger partial charge in [-0.15, -0.1) is 0 Å². The van der Waals surface area contributed by atoms with Gasteiger partial charge in [-0.3, -0.25) is 4.99 Å². The summed E-state index contributed by atoms with van der Waals surface area (Å²) in [7, 11) is 0. The molecule has 122 valence electrons. The molecule has 1 saturated carbocycles. The molecule has 0 saturated heterocycles. The summed E-state index contributed by atoms with van der Waals surface area (Å²) in [6, 6.07) is 0.589. The highest BCUT2D eigenvalue weighted by atomic mass is 32.2. The summed E-state index contributed by atoms with van der Waals surface area (Å²) in [5.41, 5.74) is 1.33. The van der Waals surface area contributed by atoms with Gasteiger partial charge in [0.2, 0.25) is 0 Å². The van der Waals surface area contributed by atoms with E-state index in [-0.39, 0.29) is 0 Å². The molecule has 0 radical (unpaired) electrons. The normalized spacial score (nSPS) is 28.0. The first-order valence-corrected chi connectivity index (χ1v) is 9.62. The van der Waals surface area contributed by atoms with Crippen molar-refractivity contribution in [2.24, 2.45) is 21.2 Å². The fourth-order valence-corrected chi connectivity index (χ4v) is 5.79. The maximum Gasteiger partial charge on any atom is 0.156 e. The lowest BCUT2D eigenvalue weighted by atomic mass is 9.63. The van der Waals surface area contributed by atoms with Crippen LogP contribution in [0.5, 0.6) is 0 Å². The van der Waals surface area contributed by atoms with Crippen molar-refractivity contribution in [1.29, 1.82) is 0 Å². The molecule has 0 aromatic rings. The van der Waals surface area contributed by atoms with Gasteiger partial charge in [-0.05, 0) is 48.3 Å². The third kappa shape index (κ3) is 4.40. The third-order valence-corrected chi connectivity index (χ3v) is 6.73. The van der Waals surface area contributed by atoms with E-state index in [4.69, 9.17) is 4.99 Å². The molecule has 0 aromatic heterocycles. The SMILES string of the molecule is CCC1(CC)CN=C(NC2CC(C)(C)CC(C)(C)C2)SC1. The van der Waals surface area contributed by atoms with E-state index in [9.17, 15) is 0 Å². The molecule has 2 aliphatic rings. The van der Waals surface area contributed by atoms with E-state index in [0.29, 0.717) is 22.3 Å². The Morgan fingerprint density at radius 1 is 1.10 bits per heavy atom. The van der Waals surface area contributed by atoms with E-state index in [1.54, 1.807) is 0 Å². The second-order valence-electron chi connectivity index (χ2n) is 8.87. The van der Waals surface area contributed by atoms with Gasteiger partial charge in [0.1, 0.15) is 0 Å². The molecule has 1 aliphatic heterocycles. The zero-order chi connectivity index (χ0) is 15.7. The highest BCUT2D eigenvalue weighted by Gasteiger charge is 2.39. The van der Waals surface area contributed by atoms with Gasteiger partial charge in [-0.25, -0.2) is 0 Å². The number of hydrogen-bond donors (Lipinski definition) is 1. The van der Waals surface area contributed by atoms with Crippen LogP contribution in [-0.4, -0.2) is 23.5 Å². The minimum Gasteiger partial charge on any atom is -0.362 e. The van der Waals surface area contributed by atoms with E-state index < -0.39 is 0 Å². The van der Waals surface area contributed by atoms with Crippen LogP contribution in [0.2, 0.25) is 0 Å². The minimum absolute atomic E-state index is 0.440. The number of aliphatic imine (C=N–C) groups is 1. The number of rotatable bonds is 3. The number of nitrogens with zero attached hydrogens (tertiary/aromatic N) is 1. The molecular formula is C18H34N2S. The second-order valence-corrected chi connectivity index (χ2v) is 9.84. The van der Waals surface area contributed by atoms with Crippen LogP contribution in [0, 0.1) is 16.2 Å². The summed E-state index contributed by atoms with van der Waals surface area (Å²) in [5.74, 6) is 1.23. The lowest BCUT2D eigenvalue weighted by Gasteiger charge is -2.45. The molecule has 0 spiro atoms. The third-order valence-electron chi connectivity index (χ3n) is 5.46. The first kappa shape index (κ1) is 17.2. The van der Waals surface area contributed by atoms with Crippen LogP contribution in [0.15, 0.2) is 4.99 Å². The van der Waals surface area contributed by atoms with Crippen molar-refractivity contribution in [3.8, 4) is 0 Å². The second kappa shape index (κ2) is 6.14. The molecule has 0 unspecified atom stereocenters. The van der Waals surface area contributed by atoms with E-state index in [1.807, 2.05) is 11.8 Å². The van der Waals surface area contributed by atoms with Crippen molar-refractivity contribution in [2.75, 3.05) is 12.3 Å². The molecule has 1 heterocycles. The van der Waals surface area contributed by atoms with E-state index in [0.717, 1.165) is 6.54 Å². The predicted octanol–water partition coefficient (Wildman–Crippen LogP) is 5.09. The van der Waals surface area contributed by atoms with Gasteiger partial charge in [0.25, 0.3) is 0 Å². The Kier molecular flexibility index (Phi) is 5.02. The van der Waals surface area contributed by atoms with Crippen molar-refractivity contribution in [1.82, 2.24) is 5.32 Å². The van der Waals surface area contributed by atoms with Gasteiger partial charge >= 0.3 is 0 Å². The molecule has 0 atom stereocenters. The number of nitrogens with one attached hydrogen (secondary N) is 1. The van der Waals surface area contributed by atoms with Gasteiger partial charge in [0.05, 0.1) is 0 Å². The standard InChI is InChI=1S/C18H34N2S/c1-7-18(8-2)12-19-15(21-13-18)20-14-9-16(3,4)11-17(5,6)10-14/h14H,7-13H2,1-6H3,(H,19,20). The van der Waals surface area contributed by atoms with E-state index in [1.165, 1.54) is 43.0 Å². The van der Waals surface area contributed by atoms with Crippen molar-refractivity contribution in [3.63, 3.8) is 0 Å². The van der Waals surface area contributed by atoms with Gasteiger partial charge in [0, 0.05) is 18.3 Å². The van der Waals surface area contributed by atoms with Crippen LogP contribution in [-0.2, 0) is 0 Å². The fourth-order valence-electron chi connectivity index (χ4n) is 4.44. The molecule has 0 bridgehead atoms. The predicted molar refractivity (Wildman–Crippen MR) is 96.1 cm³/mol. The van der Waals surface area contributed by atoms with Crippen molar-refractivity contribution >= 4 is 16.9 Å². The average Bonchev–Trinajstić information content (AvgIpc) is 2.36. The lowest BCUT2D eigenvalue weighted by molar-refractivity contribution is 0.0924. The molecule has 1 aliphatic carbocycles. The Labute approximate surface area is 135 Å². The minimum atomic E-state index is 0.440. The molecule has 0 amide bonds. The van der Waals surface area contributed by atoms with E-state index >= 15 is 0 Å². The molecule has 2 rings (SSSR count). The van der Waals surface area contributed by atoms with Crippen molar-refractivity contribution in [2.45, 2.75) is 79.7 Å². The highest BCUT2D eigenvalue weighted by molar-refractivity contribution is 8.13. The van der Waals surface area contributed by atoms with Crippen LogP contribution >= 0.6 is 11.8 Å². The molecule has 1 N–H and O–H groups in total. The number of thioether (sulfide) groups is 1. The summed E-state index contributed by atoms with van der Waals surface area (Å²) in [6.07, 6.45) is 6.35. The van der Waals surface area contributed by atoms with Crippen LogP contribution < -0.4 is 5.32 Å². The lowest BCUT2D eigenvalue weighted by Crippen LogP contribution is -2.46. The Bertz CT molecular complexity index is 378. The Morgan fingerprint density at radius 3 is 2.10 bits per heavy atom. The maximum atomic E-state index is 4.88. The quantitative estimate of drug-likeness (QED) is 0.785.